The summed E-state index contributed by atoms with van der Waals surface area (Å²) in [5, 5.41) is 9.53. The van der Waals surface area contributed by atoms with Gasteiger partial charge in [0.15, 0.2) is 4.88 Å². The Morgan fingerprint density at radius 1 is 1.35 bits per heavy atom. The summed E-state index contributed by atoms with van der Waals surface area (Å²) in [4.78, 5) is 21.1. The number of rotatable bonds is 5. The van der Waals surface area contributed by atoms with Crippen molar-refractivity contribution in [3.63, 3.8) is 0 Å². The average Bonchev–Trinajstić information content (AvgIpc) is 3.27. The summed E-state index contributed by atoms with van der Waals surface area (Å²) in [5.41, 5.74) is 3.82. The van der Waals surface area contributed by atoms with Gasteiger partial charge in [0.2, 0.25) is 0 Å². The Morgan fingerprint density at radius 2 is 2.19 bits per heavy atom. The predicted molar refractivity (Wildman–Crippen MR) is 103 cm³/mol. The maximum atomic E-state index is 11.6. The molecule has 1 aromatic carbocycles. The van der Waals surface area contributed by atoms with E-state index in [1.165, 1.54) is 17.7 Å². The van der Waals surface area contributed by atoms with E-state index in [0.29, 0.717) is 12.4 Å². The molecule has 0 spiro atoms. The van der Waals surface area contributed by atoms with E-state index in [-0.39, 0.29) is 10.8 Å². The van der Waals surface area contributed by atoms with Crippen molar-refractivity contribution in [2.75, 3.05) is 0 Å². The van der Waals surface area contributed by atoms with Crippen LogP contribution < -0.4 is 4.74 Å². The summed E-state index contributed by atoms with van der Waals surface area (Å²) >= 11 is 1.24. The van der Waals surface area contributed by atoms with Gasteiger partial charge in [-0.3, -0.25) is 0 Å². The quantitative estimate of drug-likeness (QED) is 0.857. The van der Waals surface area contributed by atoms with Gasteiger partial charge in [-0.25, -0.2) is 14.8 Å². The van der Waals surface area contributed by atoms with Crippen LogP contribution in [0.25, 0.3) is 0 Å². The summed E-state index contributed by atoms with van der Waals surface area (Å²) in [7, 11) is 0. The van der Waals surface area contributed by atoms with Gasteiger partial charge in [0, 0.05) is 10.8 Å². The van der Waals surface area contributed by atoms with E-state index in [0.717, 1.165) is 27.4 Å². The second kappa shape index (κ2) is 6.72. The first kappa shape index (κ1) is 16.5. The lowest BCUT2D eigenvalue weighted by Gasteiger charge is -2.11. The first-order valence-electron chi connectivity index (χ1n) is 8.17. The largest absolute Gasteiger partial charge is 0.487 e. The molecule has 2 heterocycles. The number of aryl methyl sites for hydroxylation is 1. The predicted octanol–water partition coefficient (Wildman–Crippen LogP) is 4.35. The number of aromatic carboxylic acids is 1. The zero-order valence-electron chi connectivity index (χ0n) is 14.0. The Bertz CT molecular complexity index is 998. The molecule has 1 aliphatic carbocycles. The lowest BCUT2D eigenvalue weighted by Crippen LogP contribution is -2.02. The molecule has 130 valence electrons. The molecule has 1 unspecified atom stereocenters. The van der Waals surface area contributed by atoms with E-state index in [1.807, 2.05) is 55.5 Å². The Balaban J connectivity index is 1.60. The normalized spacial score (nSPS) is 17.7. The molecule has 2 aromatic rings. The molecule has 0 bridgehead atoms. The van der Waals surface area contributed by atoms with Crippen LogP contribution in [0.15, 0.2) is 64.2 Å². The van der Waals surface area contributed by atoms with Crippen molar-refractivity contribution in [3.8, 4) is 5.75 Å². The molecule has 1 N–H and O–H groups in total. The van der Waals surface area contributed by atoms with Crippen molar-refractivity contribution in [2.24, 2.45) is 9.98 Å². The van der Waals surface area contributed by atoms with Crippen LogP contribution in [-0.4, -0.2) is 23.1 Å². The molecular formula is C20H16N2O3S. The van der Waals surface area contributed by atoms with Crippen LogP contribution >= 0.6 is 11.3 Å². The van der Waals surface area contributed by atoms with E-state index in [1.54, 1.807) is 0 Å². The van der Waals surface area contributed by atoms with Crippen LogP contribution in [-0.2, 0) is 6.61 Å². The monoisotopic (exact) mass is 364 g/mol. The number of allylic oxidation sites excluding steroid dienone is 3. The van der Waals surface area contributed by atoms with Crippen molar-refractivity contribution < 1.29 is 14.6 Å². The zero-order chi connectivity index (χ0) is 18.1. The van der Waals surface area contributed by atoms with E-state index in [4.69, 9.17) is 4.74 Å². The lowest BCUT2D eigenvalue weighted by atomic mass is 9.98. The van der Waals surface area contributed by atoms with Gasteiger partial charge >= 0.3 is 5.97 Å². The Kier molecular flexibility index (Phi) is 4.26. The molecule has 0 saturated carbocycles. The average molecular weight is 364 g/mol. The van der Waals surface area contributed by atoms with Crippen molar-refractivity contribution in [3.05, 3.63) is 75.1 Å². The molecule has 4 rings (SSSR count). The van der Waals surface area contributed by atoms with E-state index >= 15 is 0 Å². The minimum absolute atomic E-state index is 0.0295. The highest BCUT2D eigenvalue weighted by Gasteiger charge is 2.23. The van der Waals surface area contributed by atoms with Crippen molar-refractivity contribution in [1.29, 1.82) is 0 Å². The maximum Gasteiger partial charge on any atom is 0.349 e. The number of aliphatic imine (C=N–C) groups is 2. The van der Waals surface area contributed by atoms with Crippen LogP contribution in [0.4, 0.5) is 0 Å². The molecule has 1 aromatic heterocycles. The Hall–Kier alpha value is -2.99. The molecule has 0 saturated heterocycles. The summed E-state index contributed by atoms with van der Waals surface area (Å²) in [6.45, 7) is 2.35. The van der Waals surface area contributed by atoms with Crippen LogP contribution in [0.5, 0.6) is 5.75 Å². The third-order valence-corrected chi connectivity index (χ3v) is 5.54. The molecule has 1 aliphatic heterocycles. The lowest BCUT2D eigenvalue weighted by molar-refractivity contribution is 0.0697. The minimum Gasteiger partial charge on any atom is -0.487 e. The van der Waals surface area contributed by atoms with Crippen molar-refractivity contribution in [1.82, 2.24) is 0 Å². The summed E-state index contributed by atoms with van der Waals surface area (Å²) in [6.07, 6.45) is 7.44. The van der Waals surface area contributed by atoms with Gasteiger partial charge < -0.3 is 9.84 Å². The zero-order valence-corrected chi connectivity index (χ0v) is 14.9. The molecule has 0 amide bonds. The van der Waals surface area contributed by atoms with Crippen LogP contribution in [0.1, 0.15) is 31.6 Å². The molecular weight excluding hydrogens is 348 g/mol. The molecule has 5 nitrogen and oxygen atoms in total. The van der Waals surface area contributed by atoms with Gasteiger partial charge in [0.1, 0.15) is 18.7 Å². The molecule has 6 heteroatoms. The van der Waals surface area contributed by atoms with Gasteiger partial charge in [0.25, 0.3) is 0 Å². The number of carboxylic acid groups (broad SMARTS) is 1. The number of thiophene rings is 1. The number of hydrogen-bond donors (Lipinski definition) is 1. The van der Waals surface area contributed by atoms with Gasteiger partial charge in [-0.2, -0.15) is 0 Å². The Morgan fingerprint density at radius 3 is 3.00 bits per heavy atom. The van der Waals surface area contributed by atoms with Gasteiger partial charge in [-0.1, -0.05) is 30.3 Å². The number of carbonyl (C=O) groups is 1. The summed E-state index contributed by atoms with van der Waals surface area (Å²) < 4.78 is 5.85. The fraction of sp³-hybridized carbons (Fsp3) is 0.150. The fourth-order valence-corrected chi connectivity index (χ4v) is 3.87. The third kappa shape index (κ3) is 3.11. The number of fused-ring (bicyclic) bond motifs is 1. The van der Waals surface area contributed by atoms with Crippen LogP contribution in [0, 0.1) is 6.92 Å². The van der Waals surface area contributed by atoms with Crippen LogP contribution in [0.2, 0.25) is 0 Å². The first-order chi connectivity index (χ1) is 12.6. The topological polar surface area (TPSA) is 71.2 Å². The number of benzene rings is 1. The number of nitrogens with zero attached hydrogens (tertiary/aromatic N) is 2. The second-order valence-electron chi connectivity index (χ2n) is 6.06. The second-order valence-corrected chi connectivity index (χ2v) is 7.14. The summed E-state index contributed by atoms with van der Waals surface area (Å²) in [6, 6.07) is 9.73. The Labute approximate surface area is 154 Å². The molecule has 0 fully saturated rings. The van der Waals surface area contributed by atoms with E-state index < -0.39 is 5.97 Å². The number of carboxylic acids is 1. The van der Waals surface area contributed by atoms with Crippen molar-refractivity contribution >= 4 is 29.4 Å². The molecule has 1 atom stereocenters. The van der Waals surface area contributed by atoms with E-state index in [9.17, 15) is 9.90 Å². The highest BCUT2D eigenvalue weighted by molar-refractivity contribution is 7.14. The number of ether oxygens (including phenoxy) is 1. The SMILES string of the molecule is Cc1ccccc1COc1cc(C2C=CC3=NC=NC3=C2)sc1C(=O)O. The molecule has 0 radical (unpaired) electrons. The first-order valence-corrected chi connectivity index (χ1v) is 8.98. The highest BCUT2D eigenvalue weighted by atomic mass is 32.1. The fourth-order valence-electron chi connectivity index (χ4n) is 2.88. The summed E-state index contributed by atoms with van der Waals surface area (Å²) in [5.74, 6) is -0.602. The highest BCUT2D eigenvalue weighted by Crippen LogP contribution is 2.38. The van der Waals surface area contributed by atoms with Crippen LogP contribution in [0.3, 0.4) is 0 Å². The van der Waals surface area contributed by atoms with E-state index in [2.05, 4.69) is 9.98 Å². The third-order valence-electron chi connectivity index (χ3n) is 4.34. The standard InChI is InChI=1S/C20H16N2O3S/c1-12-4-2-3-5-14(12)10-25-17-9-18(26-19(17)20(23)24)13-6-7-15-16(8-13)22-11-21-15/h2-9,11,13H,10H2,1H3,(H,23,24). The van der Waals surface area contributed by atoms with Gasteiger partial charge in [0.05, 0.1) is 11.4 Å². The van der Waals surface area contributed by atoms with Gasteiger partial charge in [-0.15, -0.1) is 11.3 Å². The molecule has 2 aliphatic rings. The maximum absolute atomic E-state index is 11.6. The number of hydrogen-bond acceptors (Lipinski definition) is 5. The molecule has 26 heavy (non-hydrogen) atoms. The van der Waals surface area contributed by atoms with Gasteiger partial charge in [-0.05, 0) is 36.3 Å². The smallest absolute Gasteiger partial charge is 0.349 e. The van der Waals surface area contributed by atoms with Crippen molar-refractivity contribution in [2.45, 2.75) is 19.4 Å². The minimum atomic E-state index is -0.977.